The standard InChI is InChI=1S/C29H41N7O4S2/c1-29(2,3)40-28(39)33-25-20-42-19-24(25)32-26(37)23-7-6-21(16-30-23)17-36(27(38)31-22-8-15-41-18-22)10-5-9-35-13-11-34(4)12-14-35/h6-8,15-16,18,20,24H,5,9-14,17,19H2,1-4H3,(H,31,38)(H,32,37)(H,33,39). The van der Waals surface area contributed by atoms with E-state index in [0.29, 0.717) is 24.5 Å². The zero-order valence-corrected chi connectivity index (χ0v) is 26.4. The average Bonchev–Trinajstić information content (AvgIpc) is 3.60. The van der Waals surface area contributed by atoms with Gasteiger partial charge in [-0.2, -0.15) is 11.3 Å². The van der Waals surface area contributed by atoms with Crippen LogP contribution in [0.1, 0.15) is 43.2 Å². The van der Waals surface area contributed by atoms with Crippen molar-refractivity contribution in [2.24, 2.45) is 0 Å². The van der Waals surface area contributed by atoms with Crippen molar-refractivity contribution in [3.63, 3.8) is 0 Å². The number of carbonyl (C=O) groups excluding carboxylic acids is 3. The number of urea groups is 1. The number of nitrogens with zero attached hydrogens (tertiary/aromatic N) is 4. The second-order valence-corrected chi connectivity index (χ2v) is 13.2. The molecule has 228 valence electrons. The number of hydrogen-bond donors (Lipinski definition) is 3. The minimum atomic E-state index is -0.619. The summed E-state index contributed by atoms with van der Waals surface area (Å²) in [6.07, 6.45) is 1.94. The van der Waals surface area contributed by atoms with Gasteiger partial charge in [0.2, 0.25) is 0 Å². The predicted molar refractivity (Wildman–Crippen MR) is 168 cm³/mol. The molecule has 13 heteroatoms. The monoisotopic (exact) mass is 615 g/mol. The molecular formula is C29H41N7O4S2. The maximum atomic E-state index is 13.2. The number of anilines is 1. The summed E-state index contributed by atoms with van der Waals surface area (Å²) in [6.45, 7) is 11.5. The van der Waals surface area contributed by atoms with Crippen LogP contribution in [0.3, 0.4) is 0 Å². The Hall–Kier alpha value is -3.13. The zero-order chi connectivity index (χ0) is 30.1. The molecule has 2 aromatic rings. The van der Waals surface area contributed by atoms with Crippen molar-refractivity contribution in [2.45, 2.75) is 45.4 Å². The van der Waals surface area contributed by atoms with Crippen LogP contribution in [-0.2, 0) is 11.3 Å². The smallest absolute Gasteiger partial charge is 0.411 e. The van der Waals surface area contributed by atoms with E-state index in [1.165, 1.54) is 23.1 Å². The number of ether oxygens (including phenoxy) is 1. The largest absolute Gasteiger partial charge is 0.444 e. The molecule has 0 bridgehead atoms. The lowest BCUT2D eigenvalue weighted by atomic mass is 10.2. The Labute approximate surface area is 256 Å². The summed E-state index contributed by atoms with van der Waals surface area (Å²) < 4.78 is 5.33. The molecule has 1 saturated heterocycles. The lowest BCUT2D eigenvalue weighted by Crippen LogP contribution is -2.45. The van der Waals surface area contributed by atoms with Gasteiger partial charge >= 0.3 is 12.1 Å². The van der Waals surface area contributed by atoms with E-state index in [1.54, 1.807) is 37.9 Å². The molecular weight excluding hydrogens is 574 g/mol. The van der Waals surface area contributed by atoms with Crippen LogP contribution in [0.2, 0.25) is 0 Å². The third kappa shape index (κ3) is 10.0. The average molecular weight is 616 g/mol. The number of pyridine rings is 1. The number of nitrogens with one attached hydrogen (secondary N) is 3. The quantitative estimate of drug-likeness (QED) is 0.367. The Balaban J connectivity index is 1.32. The molecule has 0 saturated carbocycles. The molecule has 42 heavy (non-hydrogen) atoms. The van der Waals surface area contributed by atoms with Crippen LogP contribution in [0, 0.1) is 0 Å². The summed E-state index contributed by atoms with van der Waals surface area (Å²) in [5, 5.41) is 14.3. The summed E-state index contributed by atoms with van der Waals surface area (Å²) in [6, 6.07) is 4.84. The van der Waals surface area contributed by atoms with E-state index in [2.05, 4.69) is 37.8 Å². The first-order valence-electron chi connectivity index (χ1n) is 14.1. The lowest BCUT2D eigenvalue weighted by molar-refractivity contribution is 0.0541. The van der Waals surface area contributed by atoms with E-state index in [1.807, 2.05) is 28.3 Å². The van der Waals surface area contributed by atoms with Crippen molar-refractivity contribution >= 4 is 46.8 Å². The summed E-state index contributed by atoms with van der Waals surface area (Å²) >= 11 is 3.03. The Bertz CT molecular complexity index is 1220. The van der Waals surface area contributed by atoms with E-state index in [-0.39, 0.29) is 23.7 Å². The van der Waals surface area contributed by atoms with Crippen molar-refractivity contribution in [3.8, 4) is 0 Å². The van der Waals surface area contributed by atoms with E-state index in [9.17, 15) is 14.4 Å². The molecule has 2 aliphatic rings. The highest BCUT2D eigenvalue weighted by Crippen LogP contribution is 2.22. The number of amides is 4. The summed E-state index contributed by atoms with van der Waals surface area (Å²) in [7, 11) is 2.14. The van der Waals surface area contributed by atoms with E-state index >= 15 is 0 Å². The summed E-state index contributed by atoms with van der Waals surface area (Å²) in [5.74, 6) is 0.252. The second kappa shape index (κ2) is 14.9. The van der Waals surface area contributed by atoms with Crippen LogP contribution in [0.5, 0.6) is 0 Å². The molecule has 4 heterocycles. The number of aromatic nitrogens is 1. The van der Waals surface area contributed by atoms with Gasteiger partial charge in [-0.1, -0.05) is 6.07 Å². The fraction of sp³-hybridized carbons (Fsp3) is 0.517. The first-order valence-corrected chi connectivity index (χ1v) is 16.1. The van der Waals surface area contributed by atoms with Crippen molar-refractivity contribution < 1.29 is 19.1 Å². The summed E-state index contributed by atoms with van der Waals surface area (Å²) in [4.78, 5) is 49.3. The van der Waals surface area contributed by atoms with Crippen molar-refractivity contribution in [3.05, 3.63) is 57.5 Å². The second-order valence-electron chi connectivity index (χ2n) is 11.5. The fourth-order valence-corrected chi connectivity index (χ4v) is 6.06. The molecule has 0 spiro atoms. The van der Waals surface area contributed by atoms with E-state index in [0.717, 1.165) is 50.4 Å². The van der Waals surface area contributed by atoms with Gasteiger partial charge < -0.3 is 30.1 Å². The topological polar surface area (TPSA) is 119 Å². The molecule has 1 fully saturated rings. The van der Waals surface area contributed by atoms with Crippen molar-refractivity contribution in [2.75, 3.05) is 57.4 Å². The SMILES string of the molecule is CN1CCN(CCCN(Cc2ccc(C(=O)NC3CSC=C3NC(=O)OC(C)(C)C)nc2)C(=O)Nc2ccsc2)CC1. The predicted octanol–water partition coefficient (Wildman–Crippen LogP) is 4.03. The number of rotatable bonds is 10. The van der Waals surface area contributed by atoms with Gasteiger partial charge in [-0.15, -0.1) is 11.8 Å². The molecule has 11 nitrogen and oxygen atoms in total. The Morgan fingerprint density at radius 2 is 1.90 bits per heavy atom. The van der Waals surface area contributed by atoms with Gasteiger partial charge in [-0.25, -0.2) is 9.59 Å². The van der Waals surface area contributed by atoms with Gasteiger partial charge in [0.25, 0.3) is 5.91 Å². The normalized spacial score (nSPS) is 17.8. The molecule has 0 aliphatic carbocycles. The third-order valence-corrected chi connectivity index (χ3v) is 8.42. The molecule has 4 amide bonds. The highest BCUT2D eigenvalue weighted by Gasteiger charge is 2.26. The number of likely N-dealkylation sites (N-methyl/N-ethyl adjacent to an activating group) is 1. The molecule has 1 unspecified atom stereocenters. The maximum absolute atomic E-state index is 13.2. The van der Waals surface area contributed by atoms with Crippen molar-refractivity contribution in [1.82, 2.24) is 30.3 Å². The van der Waals surface area contributed by atoms with E-state index in [4.69, 9.17) is 4.74 Å². The van der Waals surface area contributed by atoms with Gasteiger partial charge in [0.05, 0.1) is 17.4 Å². The van der Waals surface area contributed by atoms with Gasteiger partial charge in [0, 0.05) is 56.6 Å². The zero-order valence-electron chi connectivity index (χ0n) is 24.7. The van der Waals surface area contributed by atoms with Crippen LogP contribution in [0.25, 0.3) is 0 Å². The minimum Gasteiger partial charge on any atom is -0.444 e. The van der Waals surface area contributed by atoms with Crippen LogP contribution in [0.15, 0.2) is 46.3 Å². The molecule has 1 atom stereocenters. The first kappa shape index (κ1) is 31.8. The fourth-order valence-electron chi connectivity index (χ4n) is 4.52. The molecule has 4 rings (SSSR count). The van der Waals surface area contributed by atoms with Gasteiger partial charge in [-0.05, 0) is 69.3 Å². The molecule has 0 radical (unpaired) electrons. The number of thiophene rings is 1. The molecule has 0 aromatic carbocycles. The van der Waals surface area contributed by atoms with Crippen LogP contribution in [-0.4, -0.2) is 101 Å². The number of thioether (sulfide) groups is 1. The van der Waals surface area contributed by atoms with Crippen molar-refractivity contribution in [1.29, 1.82) is 0 Å². The molecule has 2 aromatic heterocycles. The molecule has 2 aliphatic heterocycles. The number of hydrogen-bond acceptors (Lipinski definition) is 9. The van der Waals surface area contributed by atoms with Crippen LogP contribution < -0.4 is 16.0 Å². The van der Waals surface area contributed by atoms with Crippen LogP contribution >= 0.6 is 23.1 Å². The maximum Gasteiger partial charge on any atom is 0.411 e. The highest BCUT2D eigenvalue weighted by molar-refractivity contribution is 8.02. The first-order chi connectivity index (χ1) is 20.1. The van der Waals surface area contributed by atoms with Gasteiger partial charge in [0.15, 0.2) is 0 Å². The highest BCUT2D eigenvalue weighted by atomic mass is 32.2. The molecule has 3 N–H and O–H groups in total. The Morgan fingerprint density at radius 1 is 1.12 bits per heavy atom. The van der Waals surface area contributed by atoms with Gasteiger partial charge in [0.1, 0.15) is 11.3 Å². The number of alkyl carbamates (subject to hydrolysis) is 1. The third-order valence-electron chi connectivity index (χ3n) is 6.79. The Kier molecular flexibility index (Phi) is 11.2. The number of piperazine rings is 1. The minimum absolute atomic E-state index is 0.163. The van der Waals surface area contributed by atoms with Gasteiger partial charge in [-0.3, -0.25) is 15.1 Å². The van der Waals surface area contributed by atoms with E-state index < -0.39 is 11.7 Å². The summed E-state index contributed by atoms with van der Waals surface area (Å²) in [5.41, 5.74) is 1.83. The number of carbonyl (C=O) groups is 3. The Morgan fingerprint density at radius 3 is 2.57 bits per heavy atom. The van der Waals surface area contributed by atoms with Crippen LogP contribution in [0.4, 0.5) is 15.3 Å². The lowest BCUT2D eigenvalue weighted by Gasteiger charge is -2.33.